The number of rotatable bonds is 4. The lowest BCUT2D eigenvalue weighted by molar-refractivity contribution is 0.445. The predicted molar refractivity (Wildman–Crippen MR) is 53.2 cm³/mol. The van der Waals surface area contributed by atoms with Crippen LogP contribution in [0.3, 0.4) is 0 Å². The fourth-order valence-corrected chi connectivity index (χ4v) is 3.81. The van der Waals surface area contributed by atoms with E-state index in [1.54, 1.807) is 0 Å². The molecule has 0 aromatic carbocycles. The van der Waals surface area contributed by atoms with Gasteiger partial charge in [0.1, 0.15) is 0 Å². The van der Waals surface area contributed by atoms with Crippen LogP contribution in [0.2, 0.25) is 0 Å². The Hall–Kier alpha value is 0.240. The minimum Gasteiger partial charge on any atom is -0.212 e. The molecular weight excluding hydrogens is 208 g/mol. The summed E-state index contributed by atoms with van der Waals surface area (Å²) >= 11 is 0. The van der Waals surface area contributed by atoms with Gasteiger partial charge in [0.25, 0.3) is 0 Å². The van der Waals surface area contributed by atoms with E-state index >= 15 is 0 Å². The van der Waals surface area contributed by atoms with E-state index in [1.165, 1.54) is 12.8 Å². The number of halogens is 1. The highest BCUT2D eigenvalue weighted by molar-refractivity contribution is 8.15. The molecule has 2 saturated carbocycles. The van der Waals surface area contributed by atoms with E-state index in [0.717, 1.165) is 25.2 Å². The fourth-order valence-electron chi connectivity index (χ4n) is 2.11. The Morgan fingerprint density at radius 2 is 2.00 bits per heavy atom. The van der Waals surface area contributed by atoms with Crippen LogP contribution in [0, 0.1) is 11.8 Å². The summed E-state index contributed by atoms with van der Waals surface area (Å²) in [6.45, 7) is 2.15. The third kappa shape index (κ3) is 1.86. The zero-order valence-electron chi connectivity index (χ0n) is 7.79. The zero-order chi connectivity index (χ0) is 9.69. The minimum atomic E-state index is -3.32. The standard InChI is InChI=1S/C9H15ClO2S/c1-7(8-2-3-8)6-9(4-5-9)13(10,11)12/h7-8H,2-6H2,1H3. The molecule has 0 N–H and O–H groups in total. The van der Waals surface area contributed by atoms with Crippen LogP contribution in [-0.2, 0) is 9.05 Å². The van der Waals surface area contributed by atoms with E-state index in [4.69, 9.17) is 10.7 Å². The SMILES string of the molecule is CC(CC1(S(=O)(=O)Cl)CC1)C1CC1. The molecule has 0 spiro atoms. The monoisotopic (exact) mass is 222 g/mol. The molecule has 0 heterocycles. The summed E-state index contributed by atoms with van der Waals surface area (Å²) in [5.74, 6) is 1.31. The van der Waals surface area contributed by atoms with Gasteiger partial charge in [0.2, 0.25) is 9.05 Å². The van der Waals surface area contributed by atoms with Gasteiger partial charge in [0, 0.05) is 10.7 Å². The minimum absolute atomic E-state index is 0.531. The molecule has 0 aromatic heterocycles. The Bertz CT molecular complexity index is 302. The molecule has 0 aromatic rings. The molecule has 0 amide bonds. The summed E-state index contributed by atoms with van der Waals surface area (Å²) in [4.78, 5) is 0. The van der Waals surface area contributed by atoms with Crippen LogP contribution in [0.4, 0.5) is 0 Å². The number of hydrogen-bond donors (Lipinski definition) is 0. The third-order valence-corrected chi connectivity index (χ3v) is 6.04. The lowest BCUT2D eigenvalue weighted by atomic mass is 9.99. The van der Waals surface area contributed by atoms with Crippen molar-refractivity contribution in [3.05, 3.63) is 0 Å². The molecule has 0 radical (unpaired) electrons. The van der Waals surface area contributed by atoms with Gasteiger partial charge in [0.05, 0.1) is 4.75 Å². The van der Waals surface area contributed by atoms with Gasteiger partial charge >= 0.3 is 0 Å². The van der Waals surface area contributed by atoms with E-state index in [9.17, 15) is 8.42 Å². The Labute approximate surface area is 84.1 Å². The summed E-state index contributed by atoms with van der Waals surface area (Å²) < 4.78 is 22.0. The van der Waals surface area contributed by atoms with Gasteiger partial charge < -0.3 is 0 Å². The van der Waals surface area contributed by atoms with Crippen molar-refractivity contribution in [1.29, 1.82) is 0 Å². The molecule has 4 heteroatoms. The summed E-state index contributed by atoms with van der Waals surface area (Å²) in [7, 11) is 2.11. The molecule has 1 atom stereocenters. The van der Waals surface area contributed by atoms with Gasteiger partial charge in [-0.25, -0.2) is 8.42 Å². The van der Waals surface area contributed by atoms with Crippen LogP contribution >= 0.6 is 10.7 Å². The van der Waals surface area contributed by atoms with Gasteiger partial charge in [-0.2, -0.15) is 0 Å². The summed E-state index contributed by atoms with van der Waals surface area (Å²) in [5.41, 5.74) is 0. The predicted octanol–water partition coefficient (Wildman–Crippen LogP) is 2.52. The molecule has 1 unspecified atom stereocenters. The maximum atomic E-state index is 11.3. The van der Waals surface area contributed by atoms with Gasteiger partial charge in [-0.15, -0.1) is 0 Å². The molecule has 0 aliphatic heterocycles. The van der Waals surface area contributed by atoms with Crippen molar-refractivity contribution in [3.63, 3.8) is 0 Å². The Morgan fingerprint density at radius 3 is 2.31 bits per heavy atom. The normalized spacial score (nSPS) is 28.5. The Kier molecular flexibility index (Phi) is 2.15. The molecule has 2 fully saturated rings. The molecule has 76 valence electrons. The van der Waals surface area contributed by atoms with Crippen LogP contribution in [0.5, 0.6) is 0 Å². The average molecular weight is 223 g/mol. The summed E-state index contributed by atoms with van der Waals surface area (Å²) in [5, 5.41) is 0. The average Bonchev–Trinajstić information content (AvgIpc) is 2.81. The van der Waals surface area contributed by atoms with Gasteiger partial charge in [-0.3, -0.25) is 0 Å². The van der Waals surface area contributed by atoms with Crippen LogP contribution < -0.4 is 0 Å². The summed E-state index contributed by atoms with van der Waals surface area (Å²) in [6.07, 6.45) is 4.88. The second kappa shape index (κ2) is 2.86. The lowest BCUT2D eigenvalue weighted by Crippen LogP contribution is -2.21. The van der Waals surface area contributed by atoms with Crippen LogP contribution in [-0.4, -0.2) is 13.2 Å². The fraction of sp³-hybridized carbons (Fsp3) is 1.00. The van der Waals surface area contributed by atoms with Crippen LogP contribution in [0.25, 0.3) is 0 Å². The van der Waals surface area contributed by atoms with E-state index in [1.807, 2.05) is 0 Å². The highest BCUT2D eigenvalue weighted by atomic mass is 35.7. The second-order valence-corrected chi connectivity index (χ2v) is 7.60. The molecule has 2 nitrogen and oxygen atoms in total. The molecule has 2 aliphatic rings. The molecule has 13 heavy (non-hydrogen) atoms. The van der Waals surface area contributed by atoms with Gasteiger partial charge in [-0.1, -0.05) is 6.92 Å². The topological polar surface area (TPSA) is 34.1 Å². The maximum Gasteiger partial charge on any atom is 0.238 e. The van der Waals surface area contributed by atoms with Crippen molar-refractivity contribution < 1.29 is 8.42 Å². The first-order chi connectivity index (χ1) is 5.95. The van der Waals surface area contributed by atoms with Crippen molar-refractivity contribution in [3.8, 4) is 0 Å². The zero-order valence-corrected chi connectivity index (χ0v) is 9.37. The van der Waals surface area contributed by atoms with Crippen molar-refractivity contribution in [1.82, 2.24) is 0 Å². The first kappa shape index (κ1) is 9.78. The van der Waals surface area contributed by atoms with E-state index in [2.05, 4.69) is 6.92 Å². The molecular formula is C9H15ClO2S. The van der Waals surface area contributed by atoms with Crippen LogP contribution in [0.1, 0.15) is 39.0 Å². The van der Waals surface area contributed by atoms with Crippen molar-refractivity contribution in [2.45, 2.75) is 43.8 Å². The summed E-state index contributed by atoms with van der Waals surface area (Å²) in [6, 6.07) is 0. The first-order valence-corrected chi connectivity index (χ1v) is 7.20. The molecule has 0 bridgehead atoms. The van der Waals surface area contributed by atoms with Crippen molar-refractivity contribution in [2.24, 2.45) is 11.8 Å². The largest absolute Gasteiger partial charge is 0.238 e. The van der Waals surface area contributed by atoms with Crippen LogP contribution in [0.15, 0.2) is 0 Å². The molecule has 2 rings (SSSR count). The lowest BCUT2D eigenvalue weighted by Gasteiger charge is -2.16. The van der Waals surface area contributed by atoms with Gasteiger partial charge in [0.15, 0.2) is 0 Å². The van der Waals surface area contributed by atoms with Crippen molar-refractivity contribution >= 4 is 19.7 Å². The highest BCUT2D eigenvalue weighted by Gasteiger charge is 2.55. The number of hydrogen-bond acceptors (Lipinski definition) is 2. The molecule has 2 aliphatic carbocycles. The van der Waals surface area contributed by atoms with Gasteiger partial charge in [-0.05, 0) is 43.9 Å². The van der Waals surface area contributed by atoms with E-state index in [-0.39, 0.29) is 0 Å². The van der Waals surface area contributed by atoms with E-state index in [0.29, 0.717) is 5.92 Å². The Balaban J connectivity index is 2.00. The third-order valence-electron chi connectivity index (χ3n) is 3.45. The quantitative estimate of drug-likeness (QED) is 0.685. The molecule has 0 saturated heterocycles. The highest BCUT2D eigenvalue weighted by Crippen LogP contribution is 2.53. The maximum absolute atomic E-state index is 11.3. The van der Waals surface area contributed by atoms with E-state index < -0.39 is 13.8 Å². The smallest absolute Gasteiger partial charge is 0.212 e. The van der Waals surface area contributed by atoms with Crippen molar-refractivity contribution in [2.75, 3.05) is 0 Å². The second-order valence-electron chi connectivity index (χ2n) is 4.64. The first-order valence-electron chi connectivity index (χ1n) is 4.89. The Morgan fingerprint density at radius 1 is 1.46 bits per heavy atom.